The lowest BCUT2D eigenvalue weighted by Gasteiger charge is -2.19. The number of nitrogens with one attached hydrogen (secondary N) is 1. The largest absolute Gasteiger partial charge is 0.494 e. The van der Waals surface area contributed by atoms with E-state index >= 15 is 0 Å². The number of ether oxygens (including phenoxy) is 1. The van der Waals surface area contributed by atoms with E-state index in [2.05, 4.69) is 5.32 Å². The predicted octanol–water partition coefficient (Wildman–Crippen LogP) is 6.23. The number of primary amides is 1. The van der Waals surface area contributed by atoms with Crippen LogP contribution in [0.25, 0.3) is 0 Å². The van der Waals surface area contributed by atoms with Gasteiger partial charge in [-0.2, -0.15) is 0 Å². The van der Waals surface area contributed by atoms with Gasteiger partial charge in [0, 0.05) is 11.6 Å². The summed E-state index contributed by atoms with van der Waals surface area (Å²) in [7, 11) is 1.31. The standard InChI is InChI=1S/C24H16Cl4F2N2O3/c1-35-19-15(21(33)32-14-5-3-13(29)4-6-14)9-12(10-17(19)26)23(22(31)34)20(24(23,27)28)11-2-7-18(30)16(25)8-11/h2-10,20H,1H3,(H2,31,34)(H,32,33). The topological polar surface area (TPSA) is 81.4 Å². The summed E-state index contributed by atoms with van der Waals surface area (Å²) in [6.45, 7) is 0. The van der Waals surface area contributed by atoms with Crippen molar-refractivity contribution in [2.24, 2.45) is 5.73 Å². The van der Waals surface area contributed by atoms with Crippen LogP contribution < -0.4 is 15.8 Å². The first kappa shape index (κ1) is 25.5. The minimum absolute atomic E-state index is 0.0122. The van der Waals surface area contributed by atoms with Gasteiger partial charge >= 0.3 is 0 Å². The molecule has 1 saturated carbocycles. The molecule has 182 valence electrons. The highest BCUT2D eigenvalue weighted by Gasteiger charge is 2.81. The first-order chi connectivity index (χ1) is 16.4. The Labute approximate surface area is 219 Å². The number of rotatable bonds is 6. The van der Waals surface area contributed by atoms with Gasteiger partial charge in [-0.1, -0.05) is 52.5 Å². The van der Waals surface area contributed by atoms with E-state index in [1.54, 1.807) is 0 Å². The van der Waals surface area contributed by atoms with E-state index in [0.29, 0.717) is 11.3 Å². The normalized spacial score (nSPS) is 20.3. The maximum Gasteiger partial charge on any atom is 0.259 e. The number of methoxy groups -OCH3 is 1. The van der Waals surface area contributed by atoms with Crippen LogP contribution in [0.15, 0.2) is 54.6 Å². The predicted molar refractivity (Wildman–Crippen MR) is 132 cm³/mol. The second-order valence-corrected chi connectivity index (χ2v) is 10.1. The molecule has 4 rings (SSSR count). The fourth-order valence-corrected chi connectivity index (χ4v) is 5.87. The number of carbonyl (C=O) groups excluding carboxylic acids is 2. The Bertz CT molecular complexity index is 1350. The first-order valence-electron chi connectivity index (χ1n) is 10.0. The number of hydrogen-bond donors (Lipinski definition) is 2. The van der Waals surface area contributed by atoms with Crippen molar-refractivity contribution in [2.75, 3.05) is 12.4 Å². The number of halogens is 6. The molecular formula is C24H16Cl4F2N2O3. The van der Waals surface area contributed by atoms with Gasteiger partial charge in [0.1, 0.15) is 27.1 Å². The van der Waals surface area contributed by atoms with E-state index in [-0.39, 0.29) is 26.9 Å². The molecule has 0 saturated heterocycles. The van der Waals surface area contributed by atoms with E-state index in [9.17, 15) is 18.4 Å². The van der Waals surface area contributed by atoms with Crippen LogP contribution >= 0.6 is 46.4 Å². The van der Waals surface area contributed by atoms with Gasteiger partial charge in [-0.3, -0.25) is 9.59 Å². The van der Waals surface area contributed by atoms with Crippen molar-refractivity contribution in [3.05, 3.63) is 93.0 Å². The van der Waals surface area contributed by atoms with Crippen LogP contribution in [-0.4, -0.2) is 23.3 Å². The van der Waals surface area contributed by atoms with Crippen LogP contribution in [0.4, 0.5) is 14.5 Å². The number of carbonyl (C=O) groups is 2. The summed E-state index contributed by atoms with van der Waals surface area (Å²) in [5.41, 5.74) is 4.84. The summed E-state index contributed by atoms with van der Waals surface area (Å²) in [4.78, 5) is 26.0. The Morgan fingerprint density at radius 3 is 2.23 bits per heavy atom. The molecule has 0 radical (unpaired) electrons. The molecule has 1 aliphatic carbocycles. The molecule has 0 aliphatic heterocycles. The maximum absolute atomic E-state index is 13.7. The van der Waals surface area contributed by atoms with Crippen LogP contribution in [0.1, 0.15) is 27.4 Å². The smallest absolute Gasteiger partial charge is 0.259 e. The third-order valence-corrected chi connectivity index (χ3v) is 7.56. The molecule has 2 unspecified atom stereocenters. The summed E-state index contributed by atoms with van der Waals surface area (Å²) >= 11 is 25.5. The van der Waals surface area contributed by atoms with Gasteiger partial charge in [-0.15, -0.1) is 0 Å². The molecule has 11 heteroatoms. The summed E-state index contributed by atoms with van der Waals surface area (Å²) in [5.74, 6) is -3.59. The number of anilines is 1. The minimum atomic E-state index is -1.76. The van der Waals surface area contributed by atoms with E-state index < -0.39 is 39.1 Å². The third kappa shape index (κ3) is 4.10. The number of benzene rings is 3. The summed E-state index contributed by atoms with van der Waals surface area (Å²) in [6, 6.07) is 11.6. The summed E-state index contributed by atoms with van der Waals surface area (Å²) in [6.07, 6.45) is 0. The lowest BCUT2D eigenvalue weighted by Crippen LogP contribution is -2.34. The summed E-state index contributed by atoms with van der Waals surface area (Å²) in [5, 5.41) is 2.40. The van der Waals surface area contributed by atoms with Gasteiger partial charge in [-0.05, 0) is 59.7 Å². The van der Waals surface area contributed by atoms with E-state index in [1.807, 2.05) is 0 Å². The van der Waals surface area contributed by atoms with Crippen molar-refractivity contribution in [3.63, 3.8) is 0 Å². The van der Waals surface area contributed by atoms with Crippen LogP contribution in [0.5, 0.6) is 5.75 Å². The Morgan fingerprint density at radius 2 is 1.66 bits per heavy atom. The van der Waals surface area contributed by atoms with Gasteiger partial charge in [-0.25, -0.2) is 8.78 Å². The molecular weight excluding hydrogens is 544 g/mol. The van der Waals surface area contributed by atoms with Gasteiger partial charge in [0.2, 0.25) is 5.91 Å². The van der Waals surface area contributed by atoms with Crippen molar-refractivity contribution in [1.82, 2.24) is 0 Å². The highest BCUT2D eigenvalue weighted by molar-refractivity contribution is 6.55. The molecule has 3 N–H and O–H groups in total. The number of amides is 2. The Morgan fingerprint density at radius 1 is 1.00 bits per heavy atom. The number of nitrogens with two attached hydrogens (primary N) is 1. The Hall–Kier alpha value is -2.58. The van der Waals surface area contributed by atoms with E-state index in [4.69, 9.17) is 56.9 Å². The fraction of sp³-hybridized carbons (Fsp3) is 0.167. The maximum atomic E-state index is 13.7. The molecule has 2 atom stereocenters. The number of hydrogen-bond acceptors (Lipinski definition) is 3. The quantitative estimate of drug-likeness (QED) is 0.351. The van der Waals surface area contributed by atoms with Gasteiger partial charge < -0.3 is 15.8 Å². The van der Waals surface area contributed by atoms with Crippen molar-refractivity contribution < 1.29 is 23.1 Å². The Balaban J connectivity index is 1.83. The van der Waals surface area contributed by atoms with Crippen molar-refractivity contribution in [2.45, 2.75) is 15.7 Å². The van der Waals surface area contributed by atoms with Crippen LogP contribution in [-0.2, 0) is 10.2 Å². The molecule has 3 aromatic rings. The van der Waals surface area contributed by atoms with Crippen molar-refractivity contribution >= 4 is 63.9 Å². The average Bonchev–Trinajstić information content (AvgIpc) is 3.33. The molecule has 2 amide bonds. The highest BCUT2D eigenvalue weighted by Crippen LogP contribution is 2.74. The zero-order chi connectivity index (χ0) is 25.7. The molecule has 35 heavy (non-hydrogen) atoms. The van der Waals surface area contributed by atoms with E-state index in [1.165, 1.54) is 55.6 Å². The second-order valence-electron chi connectivity index (χ2n) is 7.90. The molecule has 1 aliphatic rings. The molecule has 0 aromatic heterocycles. The second kappa shape index (κ2) is 9.13. The SMILES string of the molecule is COc1c(Cl)cc(C2(C(N)=O)C(c3ccc(F)c(Cl)c3)C2(Cl)Cl)cc1C(=O)Nc1ccc(F)cc1. The molecule has 0 heterocycles. The lowest BCUT2D eigenvalue weighted by molar-refractivity contribution is -0.120. The minimum Gasteiger partial charge on any atom is -0.494 e. The Kier molecular flexibility index (Phi) is 6.66. The van der Waals surface area contributed by atoms with Crippen LogP contribution in [0.3, 0.4) is 0 Å². The molecule has 0 bridgehead atoms. The van der Waals surface area contributed by atoms with Gasteiger partial charge in [0.15, 0.2) is 0 Å². The van der Waals surface area contributed by atoms with Gasteiger partial charge in [0.25, 0.3) is 5.91 Å². The zero-order valence-electron chi connectivity index (χ0n) is 17.8. The molecule has 5 nitrogen and oxygen atoms in total. The molecule has 1 fully saturated rings. The van der Waals surface area contributed by atoms with Crippen molar-refractivity contribution in [1.29, 1.82) is 0 Å². The summed E-state index contributed by atoms with van der Waals surface area (Å²) < 4.78 is 30.5. The fourth-order valence-electron chi connectivity index (χ4n) is 4.29. The first-order valence-corrected chi connectivity index (χ1v) is 11.5. The third-order valence-electron chi connectivity index (χ3n) is 5.95. The lowest BCUT2D eigenvalue weighted by atomic mass is 9.88. The number of alkyl halides is 2. The van der Waals surface area contributed by atoms with Crippen LogP contribution in [0, 0.1) is 11.6 Å². The van der Waals surface area contributed by atoms with E-state index in [0.717, 1.165) is 6.07 Å². The average molecular weight is 560 g/mol. The monoisotopic (exact) mass is 558 g/mol. The molecule has 3 aromatic carbocycles. The van der Waals surface area contributed by atoms with Crippen molar-refractivity contribution in [3.8, 4) is 5.75 Å². The van der Waals surface area contributed by atoms with Crippen LogP contribution in [0.2, 0.25) is 10.0 Å². The zero-order valence-corrected chi connectivity index (χ0v) is 20.9. The molecule has 0 spiro atoms. The highest BCUT2D eigenvalue weighted by atomic mass is 35.5. The van der Waals surface area contributed by atoms with Gasteiger partial charge in [0.05, 0.1) is 22.7 Å².